The van der Waals surface area contributed by atoms with E-state index in [1.165, 1.54) is 0 Å². The van der Waals surface area contributed by atoms with Crippen molar-refractivity contribution in [2.75, 3.05) is 0 Å². The van der Waals surface area contributed by atoms with Crippen molar-refractivity contribution in [3.05, 3.63) is 45.7 Å². The van der Waals surface area contributed by atoms with Crippen LogP contribution in [-0.4, -0.2) is 16.1 Å². The highest BCUT2D eigenvalue weighted by Crippen LogP contribution is 2.22. The number of nitrogens with zero attached hydrogens (tertiary/aromatic N) is 1. The SMILES string of the molecule is Cc1cc(OCc2n[nH]c(C)c2C(=O)NN)ccc1Cl. The number of ether oxygens (including phenoxy) is 1. The molecule has 0 atom stereocenters. The van der Waals surface area contributed by atoms with E-state index in [1.54, 1.807) is 19.1 Å². The number of H-pyrrole nitrogens is 1. The normalized spacial score (nSPS) is 10.4. The van der Waals surface area contributed by atoms with Crippen molar-refractivity contribution >= 4 is 17.5 Å². The first-order valence-corrected chi connectivity index (χ1v) is 6.34. The van der Waals surface area contributed by atoms with E-state index >= 15 is 0 Å². The number of benzene rings is 1. The molecule has 2 rings (SSSR count). The molecular weight excluding hydrogens is 280 g/mol. The summed E-state index contributed by atoms with van der Waals surface area (Å²) in [6, 6.07) is 5.34. The Morgan fingerprint density at radius 2 is 2.25 bits per heavy atom. The molecule has 0 spiro atoms. The molecule has 1 amide bonds. The number of carbonyl (C=O) groups excluding carboxylic acids is 1. The van der Waals surface area contributed by atoms with E-state index in [1.807, 2.05) is 13.0 Å². The molecule has 4 N–H and O–H groups in total. The number of hydrogen-bond donors (Lipinski definition) is 3. The van der Waals surface area contributed by atoms with Crippen LogP contribution in [0.2, 0.25) is 5.02 Å². The lowest BCUT2D eigenvalue weighted by molar-refractivity contribution is 0.0950. The highest BCUT2D eigenvalue weighted by atomic mass is 35.5. The molecular formula is C13H15ClN4O2. The van der Waals surface area contributed by atoms with Crippen molar-refractivity contribution in [3.8, 4) is 5.75 Å². The quantitative estimate of drug-likeness (QED) is 0.456. The van der Waals surface area contributed by atoms with E-state index in [-0.39, 0.29) is 6.61 Å². The molecule has 1 heterocycles. The number of hydrogen-bond acceptors (Lipinski definition) is 4. The van der Waals surface area contributed by atoms with Crippen molar-refractivity contribution in [2.45, 2.75) is 20.5 Å². The second-order valence-corrected chi connectivity index (χ2v) is 4.75. The molecule has 0 aliphatic carbocycles. The zero-order valence-electron chi connectivity index (χ0n) is 11.2. The number of aromatic amines is 1. The zero-order valence-corrected chi connectivity index (χ0v) is 11.9. The maximum absolute atomic E-state index is 11.7. The second-order valence-electron chi connectivity index (χ2n) is 4.34. The van der Waals surface area contributed by atoms with Crippen LogP contribution >= 0.6 is 11.6 Å². The summed E-state index contributed by atoms with van der Waals surface area (Å²) in [6.07, 6.45) is 0. The highest BCUT2D eigenvalue weighted by molar-refractivity contribution is 6.31. The summed E-state index contributed by atoms with van der Waals surface area (Å²) in [5.74, 6) is 5.41. The van der Waals surface area contributed by atoms with E-state index in [0.29, 0.717) is 27.7 Å². The van der Waals surface area contributed by atoms with E-state index in [9.17, 15) is 4.79 Å². The van der Waals surface area contributed by atoms with Crippen LogP contribution in [0.25, 0.3) is 0 Å². The van der Waals surface area contributed by atoms with Crippen LogP contribution < -0.4 is 16.0 Å². The Morgan fingerprint density at radius 3 is 2.90 bits per heavy atom. The van der Waals surface area contributed by atoms with Crippen molar-refractivity contribution in [3.63, 3.8) is 0 Å². The molecule has 0 unspecified atom stereocenters. The van der Waals surface area contributed by atoms with Gasteiger partial charge in [-0.15, -0.1) is 0 Å². The van der Waals surface area contributed by atoms with Crippen molar-refractivity contribution in [1.29, 1.82) is 0 Å². The summed E-state index contributed by atoms with van der Waals surface area (Å²) >= 11 is 5.95. The van der Waals surface area contributed by atoms with E-state index in [4.69, 9.17) is 22.2 Å². The van der Waals surface area contributed by atoms with Crippen molar-refractivity contribution in [2.24, 2.45) is 5.84 Å². The molecule has 2 aromatic rings. The van der Waals surface area contributed by atoms with Gasteiger partial charge in [0.25, 0.3) is 5.91 Å². The number of aromatic nitrogens is 2. The maximum Gasteiger partial charge on any atom is 0.269 e. The fourth-order valence-corrected chi connectivity index (χ4v) is 1.93. The largest absolute Gasteiger partial charge is 0.487 e. The minimum absolute atomic E-state index is 0.161. The minimum Gasteiger partial charge on any atom is -0.487 e. The average molecular weight is 295 g/mol. The molecule has 0 aliphatic heterocycles. The van der Waals surface area contributed by atoms with Crippen molar-refractivity contribution in [1.82, 2.24) is 15.6 Å². The first kappa shape index (κ1) is 14.4. The molecule has 0 radical (unpaired) electrons. The van der Waals surface area contributed by atoms with Gasteiger partial charge >= 0.3 is 0 Å². The van der Waals surface area contributed by atoms with Crippen LogP contribution in [-0.2, 0) is 6.61 Å². The minimum atomic E-state index is -0.401. The number of carbonyl (C=O) groups is 1. The van der Waals surface area contributed by atoms with Gasteiger partial charge in [0.1, 0.15) is 18.1 Å². The number of nitrogen functional groups attached to an aromatic ring is 1. The fraction of sp³-hybridized carbons (Fsp3) is 0.231. The molecule has 0 bridgehead atoms. The second kappa shape index (κ2) is 5.94. The van der Waals surface area contributed by atoms with Gasteiger partial charge < -0.3 is 4.74 Å². The van der Waals surface area contributed by atoms with Crippen LogP contribution in [0.1, 0.15) is 27.3 Å². The van der Waals surface area contributed by atoms with Gasteiger partial charge in [-0.1, -0.05) is 11.6 Å². The Bertz CT molecular complexity index is 639. The molecule has 20 heavy (non-hydrogen) atoms. The summed E-state index contributed by atoms with van der Waals surface area (Å²) in [5.41, 5.74) is 4.55. The van der Waals surface area contributed by atoms with Gasteiger partial charge in [-0.3, -0.25) is 15.3 Å². The lowest BCUT2D eigenvalue weighted by atomic mass is 10.2. The molecule has 0 saturated heterocycles. The van der Waals surface area contributed by atoms with Gasteiger partial charge in [0.2, 0.25) is 0 Å². The molecule has 106 valence electrons. The molecule has 0 saturated carbocycles. The number of halogens is 1. The van der Waals surface area contributed by atoms with Gasteiger partial charge in [-0.25, -0.2) is 5.84 Å². The number of nitrogens with two attached hydrogens (primary N) is 1. The summed E-state index contributed by atoms with van der Waals surface area (Å²) < 4.78 is 5.61. The van der Waals surface area contributed by atoms with Gasteiger partial charge in [-0.2, -0.15) is 5.10 Å². The number of rotatable bonds is 4. The molecule has 0 aliphatic rings. The number of nitrogens with one attached hydrogen (secondary N) is 2. The summed E-state index contributed by atoms with van der Waals surface area (Å²) in [7, 11) is 0. The molecule has 6 nitrogen and oxygen atoms in total. The lowest BCUT2D eigenvalue weighted by Crippen LogP contribution is -2.31. The monoisotopic (exact) mass is 294 g/mol. The van der Waals surface area contributed by atoms with Gasteiger partial charge in [0, 0.05) is 10.7 Å². The topological polar surface area (TPSA) is 93.0 Å². The van der Waals surface area contributed by atoms with Gasteiger partial charge in [0.15, 0.2) is 0 Å². The Morgan fingerprint density at radius 1 is 1.50 bits per heavy atom. The third kappa shape index (κ3) is 2.92. The van der Waals surface area contributed by atoms with Crippen LogP contribution in [0.5, 0.6) is 5.75 Å². The Kier molecular flexibility index (Phi) is 4.26. The van der Waals surface area contributed by atoms with Gasteiger partial charge in [-0.05, 0) is 37.6 Å². The standard InChI is InChI=1S/C13H15ClN4O2/c1-7-5-9(3-4-10(7)14)20-6-11-12(13(19)16-15)8(2)17-18-11/h3-5H,6,15H2,1-2H3,(H,16,19)(H,17,18). The van der Waals surface area contributed by atoms with Crippen LogP contribution in [0.3, 0.4) is 0 Å². The fourth-order valence-electron chi connectivity index (χ4n) is 1.82. The van der Waals surface area contributed by atoms with E-state index in [2.05, 4.69) is 15.6 Å². The first-order valence-electron chi connectivity index (χ1n) is 5.96. The van der Waals surface area contributed by atoms with E-state index < -0.39 is 5.91 Å². The number of aryl methyl sites for hydroxylation is 2. The third-order valence-corrected chi connectivity index (χ3v) is 3.31. The molecule has 0 fully saturated rings. The summed E-state index contributed by atoms with van der Waals surface area (Å²) in [6.45, 7) is 3.79. The number of amides is 1. The van der Waals surface area contributed by atoms with Crippen LogP contribution in [0.4, 0.5) is 0 Å². The van der Waals surface area contributed by atoms with Crippen molar-refractivity contribution < 1.29 is 9.53 Å². The summed E-state index contributed by atoms with van der Waals surface area (Å²) in [5, 5.41) is 7.47. The summed E-state index contributed by atoms with van der Waals surface area (Å²) in [4.78, 5) is 11.7. The smallest absolute Gasteiger partial charge is 0.269 e. The zero-order chi connectivity index (χ0) is 14.7. The Labute approximate surface area is 121 Å². The molecule has 1 aromatic carbocycles. The number of hydrazine groups is 1. The predicted molar refractivity (Wildman–Crippen MR) is 75.5 cm³/mol. The van der Waals surface area contributed by atoms with Crippen LogP contribution in [0, 0.1) is 13.8 Å². The Hall–Kier alpha value is -2.05. The average Bonchev–Trinajstić information content (AvgIpc) is 2.80. The third-order valence-electron chi connectivity index (χ3n) is 2.89. The lowest BCUT2D eigenvalue weighted by Gasteiger charge is -2.07. The maximum atomic E-state index is 11.7. The van der Waals surface area contributed by atoms with Crippen LogP contribution in [0.15, 0.2) is 18.2 Å². The molecule has 7 heteroatoms. The predicted octanol–water partition coefficient (Wildman–Crippen LogP) is 1.86. The van der Waals surface area contributed by atoms with E-state index in [0.717, 1.165) is 5.56 Å². The van der Waals surface area contributed by atoms with Gasteiger partial charge in [0.05, 0.1) is 5.56 Å². The first-order chi connectivity index (χ1) is 9.52. The molecule has 1 aromatic heterocycles. The highest BCUT2D eigenvalue weighted by Gasteiger charge is 2.17. The Balaban J connectivity index is 2.15.